The molecule has 1 aliphatic heterocycles. The number of ether oxygens (including phenoxy) is 2. The minimum Gasteiger partial charge on any atom is -0.491 e. The Kier molecular flexibility index (Phi) is 9.63. The normalized spacial score (nSPS) is 21.9. The summed E-state index contributed by atoms with van der Waals surface area (Å²) in [5.41, 5.74) is 2.07. The Hall–Kier alpha value is -2.97. The van der Waals surface area contributed by atoms with Gasteiger partial charge in [-0.1, -0.05) is 19.9 Å². The van der Waals surface area contributed by atoms with Gasteiger partial charge >= 0.3 is 0 Å². The van der Waals surface area contributed by atoms with Crippen molar-refractivity contribution >= 4 is 17.5 Å². The molecule has 35 heavy (non-hydrogen) atoms. The smallest absolute Gasteiger partial charge is 0.257 e. The highest BCUT2D eigenvalue weighted by atomic mass is 16.5. The fourth-order valence-corrected chi connectivity index (χ4v) is 4.30. The number of anilines is 1. The zero-order chi connectivity index (χ0) is 25.4. The Bertz CT molecular complexity index is 984. The summed E-state index contributed by atoms with van der Waals surface area (Å²) in [5, 5.41) is 2.90. The minimum absolute atomic E-state index is 0.0513. The summed E-state index contributed by atoms with van der Waals surface area (Å²) in [6, 6.07) is 11.2. The number of amides is 2. The molecular formula is C27H38N4O4. The van der Waals surface area contributed by atoms with E-state index in [9.17, 15) is 9.59 Å². The number of nitrogens with zero attached hydrogens (tertiary/aromatic N) is 3. The zero-order valence-electron chi connectivity index (χ0n) is 21.5. The maximum atomic E-state index is 13.3. The third-order valence-electron chi connectivity index (χ3n) is 6.43. The lowest BCUT2D eigenvalue weighted by atomic mass is 10.0. The number of methoxy groups -OCH3 is 1. The Balaban J connectivity index is 1.92. The van der Waals surface area contributed by atoms with Crippen molar-refractivity contribution in [3.8, 4) is 5.75 Å². The van der Waals surface area contributed by atoms with Gasteiger partial charge in [0.05, 0.1) is 17.4 Å². The zero-order valence-corrected chi connectivity index (χ0v) is 21.5. The van der Waals surface area contributed by atoms with Gasteiger partial charge in [-0.05, 0) is 43.5 Å². The lowest BCUT2D eigenvalue weighted by Gasteiger charge is -2.35. The van der Waals surface area contributed by atoms with Crippen LogP contribution >= 0.6 is 0 Å². The van der Waals surface area contributed by atoms with Crippen molar-refractivity contribution < 1.29 is 19.1 Å². The highest BCUT2D eigenvalue weighted by Crippen LogP contribution is 2.27. The molecule has 2 amide bonds. The van der Waals surface area contributed by atoms with E-state index in [1.165, 1.54) is 0 Å². The summed E-state index contributed by atoms with van der Waals surface area (Å²) in [5.74, 6) is 0.440. The van der Waals surface area contributed by atoms with Crippen molar-refractivity contribution in [2.75, 3.05) is 39.2 Å². The third kappa shape index (κ3) is 7.26. The quantitative estimate of drug-likeness (QED) is 0.674. The maximum absolute atomic E-state index is 13.3. The third-order valence-corrected chi connectivity index (χ3v) is 6.43. The topological polar surface area (TPSA) is 84.0 Å². The van der Waals surface area contributed by atoms with Crippen LogP contribution in [0.2, 0.25) is 0 Å². The SMILES string of the molecule is CCCC(=O)Nc1ccc2c(c1)OC[C@@H](C)N(Cc1ccccn1)C[C@@H](C)[C@H](OC)CN(C)C2=O. The number of aromatic nitrogens is 1. The number of likely N-dealkylation sites (N-methyl/N-ethyl adjacent to an activating group) is 1. The summed E-state index contributed by atoms with van der Waals surface area (Å²) in [6.07, 6.45) is 2.88. The molecule has 1 aromatic heterocycles. The highest BCUT2D eigenvalue weighted by Gasteiger charge is 2.28. The number of fused-ring (bicyclic) bond motifs is 1. The van der Waals surface area contributed by atoms with Crippen LogP contribution in [0.5, 0.6) is 5.75 Å². The first-order valence-electron chi connectivity index (χ1n) is 12.3. The molecule has 0 fully saturated rings. The van der Waals surface area contributed by atoms with E-state index in [-0.39, 0.29) is 29.9 Å². The van der Waals surface area contributed by atoms with Crippen LogP contribution in [0, 0.1) is 5.92 Å². The number of rotatable bonds is 6. The summed E-state index contributed by atoms with van der Waals surface area (Å²) in [7, 11) is 3.47. The van der Waals surface area contributed by atoms with Gasteiger partial charge < -0.3 is 19.7 Å². The standard InChI is InChI=1S/C27H38N4O4/c1-6-9-26(32)29-21-11-12-23-24(14-21)35-18-20(3)31(16-22-10-7-8-13-28-22)15-19(2)25(34-5)17-30(4)27(23)33/h7-8,10-14,19-20,25H,6,9,15-18H2,1-5H3,(H,29,32)/t19-,20-,25-/m1/s1. The first kappa shape index (κ1) is 26.6. The molecule has 0 spiro atoms. The van der Waals surface area contributed by atoms with E-state index in [0.29, 0.717) is 43.1 Å². The Morgan fingerprint density at radius 1 is 1.23 bits per heavy atom. The van der Waals surface area contributed by atoms with Gasteiger partial charge in [-0.2, -0.15) is 0 Å². The number of benzene rings is 1. The van der Waals surface area contributed by atoms with Crippen molar-refractivity contribution in [1.82, 2.24) is 14.8 Å². The van der Waals surface area contributed by atoms with Crippen molar-refractivity contribution in [2.45, 2.75) is 52.3 Å². The number of nitrogens with one attached hydrogen (secondary N) is 1. The fraction of sp³-hybridized carbons (Fsp3) is 0.519. The van der Waals surface area contributed by atoms with Crippen LogP contribution < -0.4 is 10.1 Å². The van der Waals surface area contributed by atoms with Crippen LogP contribution in [0.15, 0.2) is 42.6 Å². The molecule has 0 unspecified atom stereocenters. The molecular weight excluding hydrogens is 444 g/mol. The Morgan fingerprint density at radius 3 is 2.71 bits per heavy atom. The number of carbonyl (C=O) groups excluding carboxylic acids is 2. The van der Waals surface area contributed by atoms with E-state index in [1.807, 2.05) is 25.1 Å². The molecule has 2 aromatic rings. The second-order valence-corrected chi connectivity index (χ2v) is 9.36. The van der Waals surface area contributed by atoms with Crippen molar-refractivity contribution in [2.24, 2.45) is 5.92 Å². The highest BCUT2D eigenvalue weighted by molar-refractivity contribution is 5.98. The van der Waals surface area contributed by atoms with E-state index < -0.39 is 0 Å². The molecule has 2 heterocycles. The van der Waals surface area contributed by atoms with Crippen LogP contribution in [0.4, 0.5) is 5.69 Å². The van der Waals surface area contributed by atoms with Gasteiger partial charge in [-0.15, -0.1) is 0 Å². The van der Waals surface area contributed by atoms with Crippen molar-refractivity contribution in [1.29, 1.82) is 0 Å². The van der Waals surface area contributed by atoms with Crippen molar-refractivity contribution in [3.05, 3.63) is 53.9 Å². The summed E-state index contributed by atoms with van der Waals surface area (Å²) < 4.78 is 12.1. The van der Waals surface area contributed by atoms with E-state index in [0.717, 1.165) is 18.7 Å². The number of hydrogen-bond donors (Lipinski definition) is 1. The number of pyridine rings is 1. The molecule has 0 bridgehead atoms. The summed E-state index contributed by atoms with van der Waals surface area (Å²) >= 11 is 0. The van der Waals surface area contributed by atoms with E-state index in [4.69, 9.17) is 9.47 Å². The predicted molar refractivity (Wildman–Crippen MR) is 137 cm³/mol. The van der Waals surface area contributed by atoms with E-state index in [2.05, 4.69) is 29.0 Å². The van der Waals surface area contributed by atoms with Crippen LogP contribution in [0.1, 0.15) is 49.7 Å². The first-order chi connectivity index (χ1) is 16.8. The molecule has 1 aromatic carbocycles. The molecule has 3 atom stereocenters. The van der Waals surface area contributed by atoms with Crippen molar-refractivity contribution in [3.63, 3.8) is 0 Å². The molecule has 0 saturated carbocycles. The molecule has 0 aliphatic carbocycles. The van der Waals surface area contributed by atoms with E-state index in [1.54, 1.807) is 43.5 Å². The van der Waals surface area contributed by atoms with Crippen LogP contribution in [0.25, 0.3) is 0 Å². The van der Waals surface area contributed by atoms with Gasteiger partial charge in [0.15, 0.2) is 0 Å². The molecule has 0 saturated heterocycles. The lowest BCUT2D eigenvalue weighted by Crippen LogP contribution is -2.46. The molecule has 190 valence electrons. The van der Waals surface area contributed by atoms with Gasteiger partial charge in [-0.3, -0.25) is 19.5 Å². The Labute approximate surface area is 208 Å². The Morgan fingerprint density at radius 2 is 2.03 bits per heavy atom. The van der Waals surface area contributed by atoms with Gasteiger partial charge in [0.2, 0.25) is 5.91 Å². The largest absolute Gasteiger partial charge is 0.491 e. The summed E-state index contributed by atoms with van der Waals surface area (Å²) in [4.78, 5) is 34.0. The number of hydrogen-bond acceptors (Lipinski definition) is 6. The average Bonchev–Trinajstić information content (AvgIpc) is 2.85. The van der Waals surface area contributed by atoms with Gasteiger partial charge in [0.1, 0.15) is 12.4 Å². The number of carbonyl (C=O) groups is 2. The second-order valence-electron chi connectivity index (χ2n) is 9.36. The van der Waals surface area contributed by atoms with E-state index >= 15 is 0 Å². The maximum Gasteiger partial charge on any atom is 0.257 e. The van der Waals surface area contributed by atoms with Gasteiger partial charge in [-0.25, -0.2) is 0 Å². The molecule has 1 aliphatic rings. The summed E-state index contributed by atoms with van der Waals surface area (Å²) in [6.45, 7) is 8.51. The van der Waals surface area contributed by atoms with Crippen LogP contribution in [0.3, 0.4) is 0 Å². The van der Waals surface area contributed by atoms with Crippen LogP contribution in [-0.2, 0) is 16.1 Å². The van der Waals surface area contributed by atoms with Crippen LogP contribution in [-0.4, -0.2) is 72.6 Å². The molecule has 3 rings (SSSR count). The van der Waals surface area contributed by atoms with Gasteiger partial charge in [0.25, 0.3) is 5.91 Å². The fourth-order valence-electron chi connectivity index (χ4n) is 4.30. The average molecular weight is 483 g/mol. The molecule has 8 heteroatoms. The molecule has 1 N–H and O–H groups in total. The van der Waals surface area contributed by atoms with Gasteiger partial charge in [0, 0.05) is 64.2 Å². The predicted octanol–water partition coefficient (Wildman–Crippen LogP) is 3.83. The minimum atomic E-state index is -0.140. The molecule has 0 radical (unpaired) electrons. The molecule has 8 nitrogen and oxygen atoms in total. The monoisotopic (exact) mass is 482 g/mol. The first-order valence-corrected chi connectivity index (χ1v) is 12.3. The second kappa shape index (κ2) is 12.7. The lowest BCUT2D eigenvalue weighted by molar-refractivity contribution is -0.116.